The molecule has 0 bridgehead atoms. The average molecular weight is 402 g/mol. The number of ketones is 1. The Balaban J connectivity index is 1.96. The molecule has 0 radical (unpaired) electrons. The van der Waals surface area contributed by atoms with Gasteiger partial charge in [-0.2, -0.15) is 0 Å². The van der Waals surface area contributed by atoms with E-state index in [4.69, 9.17) is 14.0 Å². The van der Waals surface area contributed by atoms with Gasteiger partial charge in [0.05, 0.1) is 23.4 Å². The molecule has 2 aliphatic rings. The molecule has 0 N–H and O–H groups in total. The van der Waals surface area contributed by atoms with Crippen LogP contribution in [0.15, 0.2) is 6.07 Å². The van der Waals surface area contributed by atoms with Gasteiger partial charge < -0.3 is 18.9 Å². The second-order valence-electron chi connectivity index (χ2n) is 9.82. The van der Waals surface area contributed by atoms with Crippen molar-refractivity contribution in [1.29, 1.82) is 0 Å². The molecule has 2 aliphatic heterocycles. The van der Waals surface area contributed by atoms with Crippen molar-refractivity contribution in [2.75, 3.05) is 6.54 Å². The Bertz CT molecular complexity index is 828. The smallest absolute Gasteiger partial charge is 0.444 e. The molecule has 29 heavy (non-hydrogen) atoms. The minimum atomic E-state index is -0.581. The largest absolute Gasteiger partial charge is 0.495 e. The first kappa shape index (κ1) is 21.8. The predicted octanol–water partition coefficient (Wildman–Crippen LogP) is 2.88. The Labute approximate surface area is 173 Å². The summed E-state index contributed by atoms with van der Waals surface area (Å²) in [7, 11) is -0.581. The lowest BCUT2D eigenvalue weighted by Gasteiger charge is -2.32. The molecule has 1 aromatic heterocycles. The topological polar surface area (TPSA) is 78.0 Å². The van der Waals surface area contributed by atoms with Crippen LogP contribution in [0.25, 0.3) is 0 Å². The van der Waals surface area contributed by atoms with Crippen molar-refractivity contribution in [1.82, 2.24) is 9.88 Å². The zero-order valence-electron chi connectivity index (χ0n) is 18.7. The van der Waals surface area contributed by atoms with Gasteiger partial charge in [-0.15, -0.1) is 0 Å². The third-order valence-electron chi connectivity index (χ3n) is 5.74. The minimum Gasteiger partial charge on any atom is -0.444 e. The molecule has 1 aromatic rings. The number of amides is 1. The van der Waals surface area contributed by atoms with Crippen LogP contribution in [-0.4, -0.2) is 52.2 Å². The number of ether oxygens (including phenoxy) is 1. The van der Waals surface area contributed by atoms with Gasteiger partial charge in [0, 0.05) is 13.5 Å². The minimum absolute atomic E-state index is 0.139. The van der Waals surface area contributed by atoms with Gasteiger partial charge in [0.15, 0.2) is 5.78 Å². The van der Waals surface area contributed by atoms with Gasteiger partial charge in [-0.25, -0.2) is 9.78 Å². The van der Waals surface area contributed by atoms with E-state index in [9.17, 15) is 9.59 Å². The number of hydrogen-bond acceptors (Lipinski definition) is 6. The van der Waals surface area contributed by atoms with E-state index >= 15 is 0 Å². The van der Waals surface area contributed by atoms with Gasteiger partial charge in [-0.05, 0) is 72.0 Å². The molecule has 0 unspecified atom stereocenters. The number of rotatable bonds is 2. The SMILES string of the molecule is CC(=O)c1cc(B2OC(C)(C)C(C)(C)O2)c2c(n1)CN(C(=O)OC(C)(C)C)CC2. The van der Waals surface area contributed by atoms with Gasteiger partial charge in [-0.1, -0.05) is 0 Å². The number of carbonyl (C=O) groups excluding carboxylic acids is 2. The van der Waals surface area contributed by atoms with Crippen LogP contribution < -0.4 is 5.46 Å². The molecular formula is C21H31BN2O5. The van der Waals surface area contributed by atoms with E-state index in [1.54, 1.807) is 11.0 Å². The highest BCUT2D eigenvalue weighted by atomic mass is 16.7. The number of pyridine rings is 1. The summed E-state index contributed by atoms with van der Waals surface area (Å²) < 4.78 is 17.9. The summed E-state index contributed by atoms with van der Waals surface area (Å²) in [4.78, 5) is 30.8. The molecule has 158 valence electrons. The molecule has 8 heteroatoms. The first-order valence-corrected chi connectivity index (χ1v) is 10.1. The highest BCUT2D eigenvalue weighted by Crippen LogP contribution is 2.37. The Hall–Kier alpha value is -1.93. The number of aromatic nitrogens is 1. The highest BCUT2D eigenvalue weighted by molar-refractivity contribution is 6.62. The fourth-order valence-corrected chi connectivity index (χ4v) is 3.42. The summed E-state index contributed by atoms with van der Waals surface area (Å²) in [6.07, 6.45) is 0.217. The van der Waals surface area contributed by atoms with Crippen LogP contribution in [0.2, 0.25) is 0 Å². The van der Waals surface area contributed by atoms with Crippen molar-refractivity contribution in [3.63, 3.8) is 0 Å². The summed E-state index contributed by atoms with van der Waals surface area (Å²) in [5.74, 6) is -0.139. The van der Waals surface area contributed by atoms with Crippen LogP contribution in [-0.2, 0) is 27.0 Å². The van der Waals surface area contributed by atoms with E-state index in [1.807, 2.05) is 48.5 Å². The number of hydrogen-bond donors (Lipinski definition) is 0. The van der Waals surface area contributed by atoms with Crippen LogP contribution in [0.5, 0.6) is 0 Å². The number of carbonyl (C=O) groups is 2. The van der Waals surface area contributed by atoms with Crippen molar-refractivity contribution < 1.29 is 23.6 Å². The molecule has 3 heterocycles. The molecule has 1 saturated heterocycles. The fraction of sp³-hybridized carbons (Fsp3) is 0.667. The highest BCUT2D eigenvalue weighted by Gasteiger charge is 2.52. The van der Waals surface area contributed by atoms with Crippen molar-refractivity contribution in [2.45, 2.75) is 85.2 Å². The summed E-state index contributed by atoms with van der Waals surface area (Å²) in [6, 6.07) is 1.77. The number of fused-ring (bicyclic) bond motifs is 1. The van der Waals surface area contributed by atoms with Gasteiger partial charge in [0.1, 0.15) is 11.3 Å². The third kappa shape index (κ3) is 4.33. The number of Topliss-reactive ketones (excluding diaryl/α,β-unsaturated/α-hetero) is 1. The summed E-state index contributed by atoms with van der Waals surface area (Å²) in [6.45, 7) is 15.8. The lowest BCUT2D eigenvalue weighted by atomic mass is 9.73. The van der Waals surface area contributed by atoms with E-state index in [0.29, 0.717) is 24.4 Å². The molecule has 0 spiro atoms. The third-order valence-corrected chi connectivity index (χ3v) is 5.74. The second kappa shape index (κ2) is 7.09. The van der Waals surface area contributed by atoms with Crippen LogP contribution in [0, 0.1) is 0 Å². The predicted molar refractivity (Wildman–Crippen MR) is 110 cm³/mol. The van der Waals surface area contributed by atoms with E-state index in [1.165, 1.54) is 6.92 Å². The van der Waals surface area contributed by atoms with Crippen molar-refractivity contribution in [2.24, 2.45) is 0 Å². The van der Waals surface area contributed by atoms with Crippen LogP contribution >= 0.6 is 0 Å². The quantitative estimate of drug-likeness (QED) is 0.559. The second-order valence-corrected chi connectivity index (χ2v) is 9.82. The van der Waals surface area contributed by atoms with Crippen molar-refractivity contribution in [3.05, 3.63) is 23.0 Å². The number of nitrogens with zero attached hydrogens (tertiary/aromatic N) is 2. The zero-order valence-corrected chi connectivity index (χ0v) is 18.7. The standard InChI is InChI=1S/C21H31BN2O5/c1-13(25)16-11-15(22-28-20(5,6)21(7,8)29-22)14-9-10-24(12-17(14)23-16)18(26)27-19(2,3)4/h11H,9-10,12H2,1-8H3. The first-order valence-electron chi connectivity index (χ1n) is 10.1. The molecule has 3 rings (SSSR count). The monoisotopic (exact) mass is 402 g/mol. The summed E-state index contributed by atoms with van der Waals surface area (Å²) in [5.41, 5.74) is 1.30. The maximum absolute atomic E-state index is 12.5. The summed E-state index contributed by atoms with van der Waals surface area (Å²) >= 11 is 0. The Morgan fingerprint density at radius 1 is 1.17 bits per heavy atom. The summed E-state index contributed by atoms with van der Waals surface area (Å²) in [5, 5.41) is 0. The molecule has 0 saturated carbocycles. The molecule has 0 aliphatic carbocycles. The normalized spacial score (nSPS) is 20.4. The molecular weight excluding hydrogens is 371 g/mol. The Kier molecular flexibility index (Phi) is 5.33. The van der Waals surface area contributed by atoms with Crippen molar-refractivity contribution >= 4 is 24.5 Å². The maximum atomic E-state index is 12.5. The van der Waals surface area contributed by atoms with Crippen LogP contribution in [0.1, 0.15) is 77.1 Å². The fourth-order valence-electron chi connectivity index (χ4n) is 3.42. The first-order chi connectivity index (χ1) is 13.2. The van der Waals surface area contributed by atoms with E-state index in [-0.39, 0.29) is 18.4 Å². The average Bonchev–Trinajstić information content (AvgIpc) is 2.79. The Morgan fingerprint density at radius 3 is 2.28 bits per heavy atom. The molecule has 1 fully saturated rings. The zero-order chi connectivity index (χ0) is 21.8. The molecule has 1 amide bonds. The molecule has 0 aromatic carbocycles. The van der Waals surface area contributed by atoms with Gasteiger partial charge >= 0.3 is 13.2 Å². The maximum Gasteiger partial charge on any atom is 0.495 e. The molecule has 7 nitrogen and oxygen atoms in total. The van der Waals surface area contributed by atoms with Crippen molar-refractivity contribution in [3.8, 4) is 0 Å². The van der Waals surface area contributed by atoms with E-state index < -0.39 is 23.9 Å². The van der Waals surface area contributed by atoms with Crippen LogP contribution in [0.4, 0.5) is 4.79 Å². The van der Waals surface area contributed by atoms with E-state index in [0.717, 1.165) is 11.0 Å². The lowest BCUT2D eigenvalue weighted by Crippen LogP contribution is -2.45. The van der Waals surface area contributed by atoms with Crippen LogP contribution in [0.3, 0.4) is 0 Å². The molecule has 0 atom stereocenters. The van der Waals surface area contributed by atoms with E-state index in [2.05, 4.69) is 4.98 Å². The van der Waals surface area contributed by atoms with Gasteiger partial charge in [0.25, 0.3) is 0 Å². The Morgan fingerprint density at radius 2 is 1.76 bits per heavy atom. The van der Waals surface area contributed by atoms with Gasteiger partial charge in [0.2, 0.25) is 0 Å². The van der Waals surface area contributed by atoms with Gasteiger partial charge in [-0.3, -0.25) is 4.79 Å². The lowest BCUT2D eigenvalue weighted by molar-refractivity contribution is 0.00578.